The first-order valence-electron chi connectivity index (χ1n) is 19.6. The van der Waals surface area contributed by atoms with Crippen LogP contribution < -0.4 is 88.7 Å². The molecule has 0 aliphatic carbocycles. The third-order valence-corrected chi connectivity index (χ3v) is 10.4. The molecule has 280 valence electrons. The molecular weight excluding hydrogens is 669 g/mol. The quantitative estimate of drug-likeness (QED) is 0.0438. The Balaban J connectivity index is -0.000000675. The molecule has 0 spiro atoms. The summed E-state index contributed by atoms with van der Waals surface area (Å²) < 4.78 is 38.3. The van der Waals surface area contributed by atoms with Gasteiger partial charge >= 0.3 is 101 Å². The van der Waals surface area contributed by atoms with Gasteiger partial charge in [-0.15, -0.1) is 0 Å². The Morgan fingerprint density at radius 1 is 0.510 bits per heavy atom. The largest absolute Gasteiger partial charge is 1.00 e. The van der Waals surface area contributed by atoms with E-state index in [1.165, 1.54) is 148 Å². The molecule has 0 amide bonds. The molecule has 2 N–H and O–H groups in total. The van der Waals surface area contributed by atoms with Crippen molar-refractivity contribution in [3.05, 3.63) is 0 Å². The van der Waals surface area contributed by atoms with Gasteiger partial charge < -0.3 is 14.1 Å². The Labute approximate surface area is 374 Å². The first-order valence-corrected chi connectivity index (χ1v) is 21.1. The summed E-state index contributed by atoms with van der Waals surface area (Å²) in [4.78, 5) is 23.7. The standard InChI is InChI=1S/C38H74O7S.3Na.3H/c1-3-5-7-9-11-13-15-17-19-21-23-25-27-29-31-33-35(45-38(41)36(34-37(39)40)46(42,43)44)32-30-28-26-24-22-20-18-16-14-12-10-8-6-4-2;;;;;;/h35-36H,3-34H2,1-2H3,(H,39,40)(H,42,43,44);;;;;;/q;3*+1;3*-1. The van der Waals surface area contributed by atoms with Crippen molar-refractivity contribution in [2.45, 2.75) is 231 Å². The molecule has 0 rings (SSSR count). The Hall–Kier alpha value is 1.85. The summed E-state index contributed by atoms with van der Waals surface area (Å²) in [5.41, 5.74) is 0. The van der Waals surface area contributed by atoms with Crippen molar-refractivity contribution in [1.82, 2.24) is 0 Å². The van der Waals surface area contributed by atoms with Gasteiger partial charge in [-0.2, -0.15) is 8.42 Å². The molecule has 2 unspecified atom stereocenters. The smallest absolute Gasteiger partial charge is 1.00 e. The van der Waals surface area contributed by atoms with Gasteiger partial charge in [0.05, 0.1) is 6.42 Å². The van der Waals surface area contributed by atoms with E-state index in [4.69, 9.17) is 9.84 Å². The first-order chi connectivity index (χ1) is 22.2. The second kappa shape index (κ2) is 42.6. The van der Waals surface area contributed by atoms with E-state index < -0.39 is 39.8 Å². The summed E-state index contributed by atoms with van der Waals surface area (Å²) in [7, 11) is -4.86. The molecule has 0 aliphatic rings. The van der Waals surface area contributed by atoms with Gasteiger partial charge in [-0.25, -0.2) is 0 Å². The molecule has 7 nitrogen and oxygen atoms in total. The van der Waals surface area contributed by atoms with Crippen molar-refractivity contribution in [2.24, 2.45) is 0 Å². The van der Waals surface area contributed by atoms with Gasteiger partial charge in [0.1, 0.15) is 6.10 Å². The summed E-state index contributed by atoms with van der Waals surface area (Å²) in [6.07, 6.45) is 36.3. The minimum absolute atomic E-state index is 0. The van der Waals surface area contributed by atoms with Crippen LogP contribution in [0.25, 0.3) is 0 Å². The van der Waals surface area contributed by atoms with Crippen LogP contribution in [0.2, 0.25) is 0 Å². The van der Waals surface area contributed by atoms with E-state index in [2.05, 4.69) is 13.8 Å². The van der Waals surface area contributed by atoms with Crippen LogP contribution in [0.3, 0.4) is 0 Å². The summed E-state index contributed by atoms with van der Waals surface area (Å²) in [6.45, 7) is 4.51. The molecule has 0 aromatic rings. The molecule has 0 fully saturated rings. The maximum absolute atomic E-state index is 12.6. The van der Waals surface area contributed by atoms with Gasteiger partial charge in [0.15, 0.2) is 5.25 Å². The maximum atomic E-state index is 12.6. The van der Waals surface area contributed by atoms with Crippen molar-refractivity contribution in [3.8, 4) is 0 Å². The van der Waals surface area contributed by atoms with E-state index in [0.29, 0.717) is 12.8 Å². The molecule has 0 bridgehead atoms. The average Bonchev–Trinajstić information content (AvgIpc) is 3.01. The maximum Gasteiger partial charge on any atom is 1.00 e. The third-order valence-electron chi connectivity index (χ3n) is 9.27. The summed E-state index contributed by atoms with van der Waals surface area (Å²) in [5.74, 6) is -2.62. The Morgan fingerprint density at radius 2 is 0.755 bits per heavy atom. The zero-order chi connectivity index (χ0) is 34.1. The van der Waals surface area contributed by atoms with Crippen LogP contribution in [-0.4, -0.2) is 41.4 Å². The van der Waals surface area contributed by atoms with Crippen LogP contribution in [0.15, 0.2) is 0 Å². The van der Waals surface area contributed by atoms with E-state index in [1.54, 1.807) is 0 Å². The van der Waals surface area contributed by atoms with Crippen LogP contribution in [0.4, 0.5) is 0 Å². The Morgan fingerprint density at radius 3 is 0.980 bits per heavy atom. The van der Waals surface area contributed by atoms with E-state index in [0.717, 1.165) is 38.5 Å². The molecule has 11 heteroatoms. The number of esters is 1. The fraction of sp³-hybridized carbons (Fsp3) is 0.947. The molecular formula is C38H77Na3O7S. The molecule has 0 aromatic heterocycles. The minimum Gasteiger partial charge on any atom is -1.00 e. The molecule has 49 heavy (non-hydrogen) atoms. The number of unbranched alkanes of at least 4 members (excludes halogenated alkanes) is 27. The number of aliphatic carboxylic acids is 1. The molecule has 2 atom stereocenters. The fourth-order valence-corrected chi connectivity index (χ4v) is 6.93. The third kappa shape index (κ3) is 40.9. The topological polar surface area (TPSA) is 118 Å². The Kier molecular flexibility index (Phi) is 50.0. The SMILES string of the molecule is CCCCCCCCCCCCCCCCCC(CCCCCCCCCCCCCCCC)OC(=O)C(CC(=O)O)S(=O)(=O)O.[H-].[H-].[H-].[Na+].[Na+].[Na+]. The van der Waals surface area contributed by atoms with E-state index in [9.17, 15) is 22.6 Å². The molecule has 0 saturated heterocycles. The van der Waals surface area contributed by atoms with Gasteiger partial charge in [0.25, 0.3) is 10.1 Å². The van der Waals surface area contributed by atoms with Gasteiger partial charge in [0.2, 0.25) is 0 Å². The monoisotopic (exact) mass is 747 g/mol. The number of hydrogen-bond acceptors (Lipinski definition) is 5. The van der Waals surface area contributed by atoms with Crippen LogP contribution in [0.5, 0.6) is 0 Å². The number of carbonyl (C=O) groups excluding carboxylic acids is 1. The number of rotatable bonds is 36. The van der Waals surface area contributed by atoms with E-state index >= 15 is 0 Å². The summed E-state index contributed by atoms with van der Waals surface area (Å²) in [6, 6.07) is 0. The number of carbonyl (C=O) groups is 2. The van der Waals surface area contributed by atoms with Crippen LogP contribution in [0.1, 0.15) is 224 Å². The first kappa shape index (κ1) is 57.6. The summed E-state index contributed by atoms with van der Waals surface area (Å²) >= 11 is 0. The van der Waals surface area contributed by atoms with Gasteiger partial charge in [-0.3, -0.25) is 14.1 Å². The number of carboxylic acids is 1. The van der Waals surface area contributed by atoms with Crippen molar-refractivity contribution in [3.63, 3.8) is 0 Å². The predicted molar refractivity (Wildman–Crippen MR) is 195 cm³/mol. The number of hydrogen-bond donors (Lipinski definition) is 2. The molecule has 0 heterocycles. The number of carboxylic acid groups (broad SMARTS) is 1. The fourth-order valence-electron chi connectivity index (χ4n) is 6.28. The zero-order valence-corrected chi connectivity index (χ0v) is 39.9. The van der Waals surface area contributed by atoms with Crippen LogP contribution in [-0.2, 0) is 24.4 Å². The predicted octanol–water partition coefficient (Wildman–Crippen LogP) is 3.11. The normalized spacial score (nSPS) is 12.3. The van der Waals surface area contributed by atoms with Crippen molar-refractivity contribution >= 4 is 22.1 Å². The molecule has 0 aliphatic heterocycles. The second-order valence-electron chi connectivity index (χ2n) is 13.8. The van der Waals surface area contributed by atoms with Crippen molar-refractivity contribution in [2.75, 3.05) is 0 Å². The average molecular weight is 747 g/mol. The molecule has 0 saturated carbocycles. The van der Waals surface area contributed by atoms with E-state index in [-0.39, 0.29) is 93.0 Å². The van der Waals surface area contributed by atoms with Crippen LogP contribution in [0, 0.1) is 0 Å². The zero-order valence-electron chi connectivity index (χ0n) is 36.1. The molecule has 0 radical (unpaired) electrons. The van der Waals surface area contributed by atoms with Gasteiger partial charge in [0, 0.05) is 0 Å². The second-order valence-corrected chi connectivity index (χ2v) is 15.4. The van der Waals surface area contributed by atoms with Crippen LogP contribution >= 0.6 is 0 Å². The van der Waals surface area contributed by atoms with Gasteiger partial charge in [-0.05, 0) is 25.7 Å². The minimum atomic E-state index is -4.86. The number of ether oxygens (including phenoxy) is 1. The van der Waals surface area contributed by atoms with Crippen molar-refractivity contribution < 1.29 is 125 Å². The Bertz CT molecular complexity index is 832. The van der Waals surface area contributed by atoms with Gasteiger partial charge in [-0.1, -0.05) is 187 Å². The molecule has 0 aromatic carbocycles. The summed E-state index contributed by atoms with van der Waals surface area (Å²) in [5, 5.41) is 6.96. The van der Waals surface area contributed by atoms with Crippen molar-refractivity contribution in [1.29, 1.82) is 0 Å². The van der Waals surface area contributed by atoms with E-state index in [1.807, 2.05) is 0 Å².